The number of rotatable bonds is 4. The number of aryl methyl sites for hydroxylation is 1. The molecule has 0 aromatic heterocycles. The predicted octanol–water partition coefficient (Wildman–Crippen LogP) is 2.54. The van der Waals surface area contributed by atoms with Gasteiger partial charge >= 0.3 is 0 Å². The van der Waals surface area contributed by atoms with E-state index in [1.165, 1.54) is 11.3 Å². The van der Waals surface area contributed by atoms with Gasteiger partial charge in [-0.05, 0) is 37.6 Å². The van der Waals surface area contributed by atoms with Crippen LogP contribution in [-0.4, -0.2) is 19.6 Å². The van der Waals surface area contributed by atoms with Crippen LogP contribution in [0.5, 0.6) is 0 Å². The normalized spacial score (nSPS) is 10.3. The van der Waals surface area contributed by atoms with Crippen molar-refractivity contribution in [2.24, 2.45) is 5.73 Å². The molecule has 0 bridgehead atoms. The molecule has 0 atom stereocenters. The fraction of sp³-hybridized carbons (Fsp3) is 0.455. The summed E-state index contributed by atoms with van der Waals surface area (Å²) < 4.78 is 1.16. The van der Waals surface area contributed by atoms with Crippen molar-refractivity contribution in [1.29, 1.82) is 0 Å². The van der Waals surface area contributed by atoms with Crippen molar-refractivity contribution in [2.75, 3.05) is 24.5 Å². The van der Waals surface area contributed by atoms with Crippen LogP contribution in [0.15, 0.2) is 22.7 Å². The van der Waals surface area contributed by atoms with E-state index in [-0.39, 0.29) is 0 Å². The molecule has 0 saturated carbocycles. The van der Waals surface area contributed by atoms with E-state index in [0.29, 0.717) is 6.54 Å². The Morgan fingerprint density at radius 2 is 2.14 bits per heavy atom. The molecular formula is C11H17BrN2. The van der Waals surface area contributed by atoms with Crippen molar-refractivity contribution in [3.05, 3.63) is 28.2 Å². The number of nitrogens with zero attached hydrogens (tertiary/aromatic N) is 1. The molecule has 1 aromatic carbocycles. The molecule has 0 radical (unpaired) electrons. The quantitative estimate of drug-likeness (QED) is 0.898. The van der Waals surface area contributed by atoms with Gasteiger partial charge in [0.15, 0.2) is 0 Å². The molecule has 2 N–H and O–H groups in total. The first-order valence-corrected chi connectivity index (χ1v) is 5.69. The molecule has 0 amide bonds. The van der Waals surface area contributed by atoms with Gasteiger partial charge in [0.1, 0.15) is 0 Å². The Kier molecular flexibility index (Phi) is 4.42. The Bertz CT molecular complexity index is 299. The highest BCUT2D eigenvalue weighted by Gasteiger charge is 2.04. The van der Waals surface area contributed by atoms with Crippen LogP contribution < -0.4 is 10.6 Å². The molecule has 3 heteroatoms. The minimum Gasteiger partial charge on any atom is -0.371 e. The first-order chi connectivity index (χ1) is 6.69. The summed E-state index contributed by atoms with van der Waals surface area (Å²) in [6.07, 6.45) is 0. The Morgan fingerprint density at radius 1 is 1.43 bits per heavy atom. The third-order valence-corrected chi connectivity index (χ3v) is 3.18. The fourth-order valence-corrected chi connectivity index (χ4v) is 1.70. The topological polar surface area (TPSA) is 29.3 Å². The van der Waals surface area contributed by atoms with E-state index in [0.717, 1.165) is 17.6 Å². The van der Waals surface area contributed by atoms with E-state index < -0.39 is 0 Å². The van der Waals surface area contributed by atoms with E-state index in [1.807, 2.05) is 0 Å². The molecule has 1 aromatic rings. The summed E-state index contributed by atoms with van der Waals surface area (Å²) in [5.41, 5.74) is 8.07. The summed E-state index contributed by atoms with van der Waals surface area (Å²) in [7, 11) is 0. The van der Waals surface area contributed by atoms with Crippen molar-refractivity contribution < 1.29 is 0 Å². The van der Waals surface area contributed by atoms with Crippen molar-refractivity contribution in [2.45, 2.75) is 13.8 Å². The maximum atomic E-state index is 5.56. The Balaban J connectivity index is 2.88. The van der Waals surface area contributed by atoms with Gasteiger partial charge in [-0.15, -0.1) is 0 Å². The molecule has 1 rings (SSSR count). The van der Waals surface area contributed by atoms with Gasteiger partial charge in [-0.3, -0.25) is 0 Å². The van der Waals surface area contributed by atoms with E-state index in [1.54, 1.807) is 0 Å². The van der Waals surface area contributed by atoms with Crippen LogP contribution in [0.2, 0.25) is 0 Å². The van der Waals surface area contributed by atoms with Gasteiger partial charge in [0, 0.05) is 29.8 Å². The molecule has 14 heavy (non-hydrogen) atoms. The monoisotopic (exact) mass is 256 g/mol. The first-order valence-electron chi connectivity index (χ1n) is 4.90. The van der Waals surface area contributed by atoms with E-state index in [4.69, 9.17) is 5.73 Å². The van der Waals surface area contributed by atoms with E-state index >= 15 is 0 Å². The van der Waals surface area contributed by atoms with Crippen LogP contribution in [0.25, 0.3) is 0 Å². The van der Waals surface area contributed by atoms with Crippen LogP contribution in [0.1, 0.15) is 12.5 Å². The lowest BCUT2D eigenvalue weighted by molar-refractivity contribution is 0.816. The van der Waals surface area contributed by atoms with Crippen LogP contribution in [-0.2, 0) is 0 Å². The molecule has 2 nitrogen and oxygen atoms in total. The smallest absolute Gasteiger partial charge is 0.0369 e. The maximum Gasteiger partial charge on any atom is 0.0369 e. The molecule has 0 spiro atoms. The third kappa shape index (κ3) is 2.72. The van der Waals surface area contributed by atoms with Crippen LogP contribution >= 0.6 is 15.9 Å². The highest BCUT2D eigenvalue weighted by Crippen LogP contribution is 2.22. The summed E-state index contributed by atoms with van der Waals surface area (Å²) in [5.74, 6) is 0. The molecule has 0 unspecified atom stereocenters. The zero-order valence-electron chi connectivity index (χ0n) is 8.76. The summed E-state index contributed by atoms with van der Waals surface area (Å²) in [4.78, 5) is 2.28. The van der Waals surface area contributed by atoms with Gasteiger partial charge in [0.2, 0.25) is 0 Å². The molecule has 0 saturated heterocycles. The molecule has 0 aliphatic heterocycles. The maximum absolute atomic E-state index is 5.56. The van der Waals surface area contributed by atoms with Gasteiger partial charge in [-0.2, -0.15) is 0 Å². The second-order valence-electron chi connectivity index (χ2n) is 3.30. The number of anilines is 1. The third-order valence-electron chi connectivity index (χ3n) is 2.29. The second kappa shape index (κ2) is 5.37. The average Bonchev–Trinajstić information content (AvgIpc) is 2.19. The number of benzene rings is 1. The lowest BCUT2D eigenvalue weighted by Crippen LogP contribution is -2.29. The zero-order valence-corrected chi connectivity index (χ0v) is 10.3. The Hall–Kier alpha value is -0.540. The van der Waals surface area contributed by atoms with Gasteiger partial charge < -0.3 is 10.6 Å². The minimum absolute atomic E-state index is 0.697. The standard InChI is InChI=1S/C11H17BrN2/c1-3-14(7-6-13)10-4-5-11(12)9(2)8-10/h4-5,8H,3,6-7,13H2,1-2H3. The lowest BCUT2D eigenvalue weighted by atomic mass is 10.2. The fourth-order valence-electron chi connectivity index (χ4n) is 1.45. The number of nitrogens with two attached hydrogens (primary N) is 1. The summed E-state index contributed by atoms with van der Waals surface area (Å²) in [6, 6.07) is 6.39. The largest absolute Gasteiger partial charge is 0.371 e. The van der Waals surface area contributed by atoms with E-state index in [9.17, 15) is 0 Å². The number of halogens is 1. The number of hydrogen-bond acceptors (Lipinski definition) is 2. The second-order valence-corrected chi connectivity index (χ2v) is 4.16. The zero-order chi connectivity index (χ0) is 10.6. The van der Waals surface area contributed by atoms with Crippen LogP contribution in [0.3, 0.4) is 0 Å². The summed E-state index contributed by atoms with van der Waals surface area (Å²) in [6.45, 7) is 6.86. The van der Waals surface area contributed by atoms with Crippen molar-refractivity contribution in [3.8, 4) is 0 Å². The van der Waals surface area contributed by atoms with Crippen molar-refractivity contribution in [1.82, 2.24) is 0 Å². The van der Waals surface area contributed by atoms with Gasteiger partial charge in [-0.1, -0.05) is 15.9 Å². The number of likely N-dealkylation sites (N-methyl/N-ethyl adjacent to an activating group) is 1. The highest BCUT2D eigenvalue weighted by atomic mass is 79.9. The predicted molar refractivity (Wildman–Crippen MR) is 65.8 cm³/mol. The lowest BCUT2D eigenvalue weighted by Gasteiger charge is -2.22. The molecule has 0 aliphatic carbocycles. The Morgan fingerprint density at radius 3 is 2.64 bits per heavy atom. The van der Waals surface area contributed by atoms with Crippen LogP contribution in [0.4, 0.5) is 5.69 Å². The van der Waals surface area contributed by atoms with Crippen molar-refractivity contribution >= 4 is 21.6 Å². The molecular weight excluding hydrogens is 240 g/mol. The Labute approximate surface area is 94.2 Å². The SMILES string of the molecule is CCN(CCN)c1ccc(Br)c(C)c1. The minimum atomic E-state index is 0.697. The molecule has 78 valence electrons. The summed E-state index contributed by atoms with van der Waals surface area (Å²) >= 11 is 3.50. The van der Waals surface area contributed by atoms with Gasteiger partial charge in [0.05, 0.1) is 0 Å². The highest BCUT2D eigenvalue weighted by molar-refractivity contribution is 9.10. The van der Waals surface area contributed by atoms with Crippen molar-refractivity contribution in [3.63, 3.8) is 0 Å². The first kappa shape index (κ1) is 11.5. The van der Waals surface area contributed by atoms with Crippen LogP contribution in [0, 0.1) is 6.92 Å². The van der Waals surface area contributed by atoms with Gasteiger partial charge in [-0.25, -0.2) is 0 Å². The molecule has 0 fully saturated rings. The molecule has 0 aliphatic rings. The average molecular weight is 257 g/mol. The van der Waals surface area contributed by atoms with E-state index in [2.05, 4.69) is 52.9 Å². The molecule has 0 heterocycles. The number of hydrogen-bond donors (Lipinski definition) is 1. The summed E-state index contributed by atoms with van der Waals surface area (Å²) in [5, 5.41) is 0. The van der Waals surface area contributed by atoms with Gasteiger partial charge in [0.25, 0.3) is 0 Å².